The summed E-state index contributed by atoms with van der Waals surface area (Å²) in [6.45, 7) is 3.52. The molecule has 0 unspecified atom stereocenters. The van der Waals surface area contributed by atoms with Gasteiger partial charge in [-0.2, -0.15) is 0 Å². The number of terminal acetylenes is 1. The van der Waals surface area contributed by atoms with Gasteiger partial charge in [0.2, 0.25) is 0 Å². The van der Waals surface area contributed by atoms with Crippen LogP contribution in [0.5, 0.6) is 0 Å². The molecule has 1 aromatic rings. The van der Waals surface area contributed by atoms with Crippen molar-refractivity contribution in [3.05, 3.63) is 35.4 Å². The van der Waals surface area contributed by atoms with Crippen molar-refractivity contribution in [1.82, 2.24) is 4.90 Å². The van der Waals surface area contributed by atoms with Gasteiger partial charge in [0.15, 0.2) is 9.84 Å². The van der Waals surface area contributed by atoms with E-state index in [9.17, 15) is 8.42 Å². The van der Waals surface area contributed by atoms with Gasteiger partial charge in [-0.05, 0) is 43.9 Å². The number of benzene rings is 1. The van der Waals surface area contributed by atoms with Crippen LogP contribution in [0.3, 0.4) is 0 Å². The molecule has 1 saturated heterocycles. The zero-order chi connectivity index (χ0) is 15.3. The van der Waals surface area contributed by atoms with Crippen LogP contribution in [0.25, 0.3) is 0 Å². The highest BCUT2D eigenvalue weighted by Gasteiger charge is 2.31. The predicted molar refractivity (Wildman–Crippen MR) is 87.0 cm³/mol. The third-order valence-corrected chi connectivity index (χ3v) is 5.92. The largest absolute Gasteiger partial charge is 0.288 e. The van der Waals surface area contributed by atoms with Gasteiger partial charge in [-0.3, -0.25) is 4.90 Å². The summed E-state index contributed by atoms with van der Waals surface area (Å²) >= 11 is 0. The lowest BCUT2D eigenvalue weighted by Crippen LogP contribution is -2.37. The highest BCUT2D eigenvalue weighted by Crippen LogP contribution is 2.18. The van der Waals surface area contributed by atoms with Crippen LogP contribution < -0.4 is 0 Å². The minimum atomic E-state index is -2.85. The highest BCUT2D eigenvalue weighted by atomic mass is 32.2. The monoisotopic (exact) mass is 305 g/mol. The van der Waals surface area contributed by atoms with E-state index in [0.29, 0.717) is 18.7 Å². The lowest BCUT2D eigenvalue weighted by Gasteiger charge is -2.25. The lowest BCUT2D eigenvalue weighted by molar-refractivity contribution is 0.236. The molecule has 1 heterocycles. The summed E-state index contributed by atoms with van der Waals surface area (Å²) in [4.78, 5) is 2.16. The molecule has 2 rings (SSSR count). The molecule has 1 aliphatic rings. The van der Waals surface area contributed by atoms with E-state index < -0.39 is 9.84 Å². The van der Waals surface area contributed by atoms with Crippen LogP contribution in [-0.4, -0.2) is 44.0 Å². The molecule has 0 aliphatic carbocycles. The molecule has 114 valence electrons. The fraction of sp³-hybridized carbons (Fsp3) is 0.529. The normalized spacial score (nSPS) is 20.5. The number of hydrogen-bond donors (Lipinski definition) is 0. The van der Waals surface area contributed by atoms with E-state index in [1.54, 1.807) is 0 Å². The number of rotatable bonds is 6. The minimum absolute atomic E-state index is 0.0999. The summed E-state index contributed by atoms with van der Waals surface area (Å²) in [6, 6.07) is 8.49. The topological polar surface area (TPSA) is 37.4 Å². The first-order valence-electron chi connectivity index (χ1n) is 7.44. The third-order valence-electron chi connectivity index (χ3n) is 4.17. The molecule has 1 aliphatic heterocycles. The first kappa shape index (κ1) is 16.1. The summed E-state index contributed by atoms with van der Waals surface area (Å²) in [5, 5.41) is 0. The van der Waals surface area contributed by atoms with Crippen LogP contribution in [0.4, 0.5) is 0 Å². The van der Waals surface area contributed by atoms with Crippen LogP contribution >= 0.6 is 0 Å². The second-order valence-corrected chi connectivity index (χ2v) is 7.99. The molecule has 21 heavy (non-hydrogen) atoms. The van der Waals surface area contributed by atoms with E-state index in [2.05, 4.69) is 35.9 Å². The minimum Gasteiger partial charge on any atom is -0.288 e. The maximum absolute atomic E-state index is 11.6. The molecule has 0 N–H and O–H groups in total. The van der Waals surface area contributed by atoms with E-state index in [0.717, 1.165) is 19.4 Å². The molecule has 4 heteroatoms. The van der Waals surface area contributed by atoms with E-state index in [1.807, 2.05) is 6.07 Å². The number of hydrogen-bond acceptors (Lipinski definition) is 3. The van der Waals surface area contributed by atoms with Gasteiger partial charge in [0.1, 0.15) is 0 Å². The Kier molecular flexibility index (Phi) is 5.44. The van der Waals surface area contributed by atoms with Gasteiger partial charge in [-0.25, -0.2) is 8.42 Å². The zero-order valence-electron chi connectivity index (χ0n) is 12.6. The molecule has 0 saturated carbocycles. The molecule has 3 nitrogen and oxygen atoms in total. The van der Waals surface area contributed by atoms with Crippen LogP contribution in [0, 0.1) is 19.3 Å². The van der Waals surface area contributed by atoms with Crippen LogP contribution in [0.1, 0.15) is 24.0 Å². The average Bonchev–Trinajstić information content (AvgIpc) is 2.80. The SMILES string of the molecule is C#CCN(CCCc1ccccc1C)[C@@H]1CCS(=O)(=O)C1. The van der Waals surface area contributed by atoms with Crippen LogP contribution in [0.2, 0.25) is 0 Å². The summed E-state index contributed by atoms with van der Waals surface area (Å²) in [5.74, 6) is 3.23. The van der Waals surface area contributed by atoms with Crippen molar-refractivity contribution in [2.75, 3.05) is 24.6 Å². The molecule has 0 amide bonds. The molecule has 1 aromatic carbocycles. The van der Waals surface area contributed by atoms with E-state index in [4.69, 9.17) is 6.42 Å². The summed E-state index contributed by atoms with van der Waals surface area (Å²) in [5.41, 5.74) is 2.67. The Labute approximate surface area is 128 Å². The lowest BCUT2D eigenvalue weighted by atomic mass is 10.0. The van der Waals surface area contributed by atoms with Gasteiger partial charge < -0.3 is 0 Å². The number of nitrogens with zero attached hydrogens (tertiary/aromatic N) is 1. The Morgan fingerprint density at radius 3 is 2.76 bits per heavy atom. The Bertz CT molecular complexity index is 616. The second-order valence-electron chi connectivity index (χ2n) is 5.76. The molecular weight excluding hydrogens is 282 g/mol. The Balaban J connectivity index is 1.89. The van der Waals surface area contributed by atoms with E-state index in [-0.39, 0.29) is 11.8 Å². The third kappa shape index (κ3) is 4.59. The second kappa shape index (κ2) is 7.11. The molecule has 1 fully saturated rings. The van der Waals surface area contributed by atoms with Crippen molar-refractivity contribution in [2.24, 2.45) is 0 Å². The first-order chi connectivity index (χ1) is 10.0. The Morgan fingerprint density at radius 1 is 1.38 bits per heavy atom. The standard InChI is InChI=1S/C17H23NO2S/c1-3-11-18(17-10-13-21(19,20)14-17)12-6-9-16-8-5-4-7-15(16)2/h1,4-5,7-8,17H,6,9-14H2,2H3/t17-/m1/s1. The molecule has 0 bridgehead atoms. The zero-order valence-corrected chi connectivity index (χ0v) is 13.4. The smallest absolute Gasteiger partial charge is 0.151 e. The van der Waals surface area contributed by atoms with Gasteiger partial charge in [-0.1, -0.05) is 30.2 Å². The van der Waals surface area contributed by atoms with Gasteiger partial charge in [0.05, 0.1) is 18.1 Å². The average molecular weight is 305 g/mol. The first-order valence-corrected chi connectivity index (χ1v) is 9.26. The van der Waals surface area contributed by atoms with E-state index in [1.165, 1.54) is 11.1 Å². The molecular formula is C17H23NO2S. The van der Waals surface area contributed by atoms with Crippen molar-refractivity contribution >= 4 is 9.84 Å². The quantitative estimate of drug-likeness (QED) is 0.755. The van der Waals surface area contributed by atoms with Gasteiger partial charge in [-0.15, -0.1) is 6.42 Å². The maximum atomic E-state index is 11.6. The van der Waals surface area contributed by atoms with Crippen molar-refractivity contribution < 1.29 is 8.42 Å². The Morgan fingerprint density at radius 2 is 2.14 bits per heavy atom. The predicted octanol–water partition coefficient (Wildman–Crippen LogP) is 2.05. The summed E-state index contributed by atoms with van der Waals surface area (Å²) in [7, 11) is -2.85. The maximum Gasteiger partial charge on any atom is 0.151 e. The highest BCUT2D eigenvalue weighted by molar-refractivity contribution is 7.91. The van der Waals surface area contributed by atoms with Crippen molar-refractivity contribution in [3.8, 4) is 12.3 Å². The molecule has 0 radical (unpaired) electrons. The van der Waals surface area contributed by atoms with Gasteiger partial charge in [0, 0.05) is 6.04 Å². The summed E-state index contributed by atoms with van der Waals surface area (Å²) in [6.07, 6.45) is 8.16. The van der Waals surface area contributed by atoms with Crippen molar-refractivity contribution in [2.45, 2.75) is 32.2 Å². The van der Waals surface area contributed by atoms with Crippen LogP contribution in [0.15, 0.2) is 24.3 Å². The Hall–Kier alpha value is -1.31. The fourth-order valence-corrected chi connectivity index (χ4v) is 4.70. The summed E-state index contributed by atoms with van der Waals surface area (Å²) < 4.78 is 23.2. The van der Waals surface area contributed by atoms with Gasteiger partial charge in [0.25, 0.3) is 0 Å². The number of sulfone groups is 1. The molecule has 1 atom stereocenters. The molecule has 0 aromatic heterocycles. The number of aryl methyl sites for hydroxylation is 2. The van der Waals surface area contributed by atoms with Crippen LogP contribution in [-0.2, 0) is 16.3 Å². The molecule has 0 spiro atoms. The fourth-order valence-electron chi connectivity index (χ4n) is 2.93. The van der Waals surface area contributed by atoms with Crippen molar-refractivity contribution in [3.63, 3.8) is 0 Å². The van der Waals surface area contributed by atoms with Gasteiger partial charge >= 0.3 is 0 Å². The van der Waals surface area contributed by atoms with E-state index >= 15 is 0 Å². The van der Waals surface area contributed by atoms with Crippen molar-refractivity contribution in [1.29, 1.82) is 0 Å².